The molecule has 3 rings (SSSR count). The maximum absolute atomic E-state index is 13.0. The largest absolute Gasteiger partial charge is 0.497 e. The number of aromatic nitrogens is 3. The molecule has 2 aromatic heterocycles. The lowest BCUT2D eigenvalue weighted by Crippen LogP contribution is -2.33. The summed E-state index contributed by atoms with van der Waals surface area (Å²) in [5.41, 5.74) is 3.46. The van der Waals surface area contributed by atoms with E-state index in [1.165, 1.54) is 0 Å². The standard InChI is InChI=1S/C22H28N4O2/c1-7-14(2)23-21(27)18-12-17(15-9-8-10-16(11-15)28-6)24-20-13-19(22(3,4)5)25-26(18)20/h8-14H,7H2,1-6H3,(H,23,27). The van der Waals surface area contributed by atoms with Gasteiger partial charge in [0.15, 0.2) is 5.65 Å². The maximum Gasteiger partial charge on any atom is 0.270 e. The molecule has 1 aromatic carbocycles. The van der Waals surface area contributed by atoms with E-state index in [9.17, 15) is 4.79 Å². The quantitative estimate of drug-likeness (QED) is 0.719. The molecule has 1 N–H and O–H groups in total. The highest BCUT2D eigenvalue weighted by molar-refractivity contribution is 5.94. The number of methoxy groups -OCH3 is 1. The van der Waals surface area contributed by atoms with Gasteiger partial charge in [0.05, 0.1) is 18.5 Å². The third kappa shape index (κ3) is 4.01. The summed E-state index contributed by atoms with van der Waals surface area (Å²) in [7, 11) is 1.63. The number of hydrogen-bond acceptors (Lipinski definition) is 4. The number of nitrogens with one attached hydrogen (secondary N) is 1. The van der Waals surface area contributed by atoms with Crippen molar-refractivity contribution < 1.29 is 9.53 Å². The zero-order valence-electron chi connectivity index (χ0n) is 17.4. The van der Waals surface area contributed by atoms with Gasteiger partial charge in [-0.15, -0.1) is 0 Å². The van der Waals surface area contributed by atoms with Gasteiger partial charge in [0, 0.05) is 23.1 Å². The number of fused-ring (bicyclic) bond motifs is 1. The lowest BCUT2D eigenvalue weighted by Gasteiger charge is -2.14. The van der Waals surface area contributed by atoms with E-state index in [0.717, 1.165) is 23.4 Å². The van der Waals surface area contributed by atoms with Crippen LogP contribution in [0.4, 0.5) is 0 Å². The average molecular weight is 380 g/mol. The first kappa shape index (κ1) is 19.9. The smallest absolute Gasteiger partial charge is 0.270 e. The highest BCUT2D eigenvalue weighted by Gasteiger charge is 2.22. The van der Waals surface area contributed by atoms with Crippen molar-refractivity contribution in [2.45, 2.75) is 52.5 Å². The van der Waals surface area contributed by atoms with Gasteiger partial charge in [0.2, 0.25) is 0 Å². The Kier molecular flexibility index (Phi) is 5.40. The van der Waals surface area contributed by atoms with Gasteiger partial charge in [0.25, 0.3) is 5.91 Å². The molecule has 1 amide bonds. The molecule has 0 aliphatic heterocycles. The van der Waals surface area contributed by atoms with Gasteiger partial charge in [0.1, 0.15) is 11.4 Å². The molecule has 28 heavy (non-hydrogen) atoms. The summed E-state index contributed by atoms with van der Waals surface area (Å²) in [6.07, 6.45) is 0.856. The number of carbonyl (C=O) groups is 1. The second-order valence-corrected chi connectivity index (χ2v) is 8.09. The molecule has 1 atom stereocenters. The van der Waals surface area contributed by atoms with Gasteiger partial charge in [-0.25, -0.2) is 9.50 Å². The van der Waals surface area contributed by atoms with Crippen LogP contribution in [0.1, 0.15) is 57.2 Å². The highest BCUT2D eigenvalue weighted by atomic mass is 16.5. The molecule has 0 spiro atoms. The van der Waals surface area contributed by atoms with Crippen molar-refractivity contribution in [3.05, 3.63) is 47.8 Å². The second-order valence-electron chi connectivity index (χ2n) is 8.09. The van der Waals surface area contributed by atoms with Crippen LogP contribution in [0.2, 0.25) is 0 Å². The van der Waals surface area contributed by atoms with Crippen LogP contribution in [-0.2, 0) is 5.41 Å². The minimum Gasteiger partial charge on any atom is -0.497 e. The average Bonchev–Trinajstić information content (AvgIpc) is 3.11. The lowest BCUT2D eigenvalue weighted by molar-refractivity contribution is 0.0931. The Labute approximate surface area is 165 Å². The van der Waals surface area contributed by atoms with Crippen LogP contribution < -0.4 is 10.1 Å². The predicted octanol–water partition coefficient (Wildman–Crippen LogP) is 4.23. The first-order valence-corrected chi connectivity index (χ1v) is 9.59. The minimum atomic E-state index is -0.158. The molecule has 0 fully saturated rings. The summed E-state index contributed by atoms with van der Waals surface area (Å²) in [6, 6.07) is 11.5. The number of benzene rings is 1. The third-order valence-corrected chi connectivity index (χ3v) is 4.78. The molecule has 0 radical (unpaired) electrons. The van der Waals surface area contributed by atoms with Crippen molar-refractivity contribution in [1.29, 1.82) is 0 Å². The van der Waals surface area contributed by atoms with E-state index >= 15 is 0 Å². The van der Waals surface area contributed by atoms with Crippen LogP contribution in [0.25, 0.3) is 16.9 Å². The molecule has 6 nitrogen and oxygen atoms in total. The topological polar surface area (TPSA) is 68.5 Å². The summed E-state index contributed by atoms with van der Waals surface area (Å²) in [5.74, 6) is 0.586. The molecular weight excluding hydrogens is 352 g/mol. The van der Waals surface area contributed by atoms with Gasteiger partial charge in [-0.2, -0.15) is 5.10 Å². The highest BCUT2D eigenvalue weighted by Crippen LogP contribution is 2.27. The van der Waals surface area contributed by atoms with Crippen LogP contribution in [-0.4, -0.2) is 33.7 Å². The maximum atomic E-state index is 13.0. The molecule has 0 saturated heterocycles. The fourth-order valence-electron chi connectivity index (χ4n) is 2.83. The monoisotopic (exact) mass is 380 g/mol. The summed E-state index contributed by atoms with van der Waals surface area (Å²) >= 11 is 0. The summed E-state index contributed by atoms with van der Waals surface area (Å²) in [6.45, 7) is 10.3. The number of nitrogens with zero attached hydrogens (tertiary/aromatic N) is 3. The second kappa shape index (κ2) is 7.62. The van der Waals surface area contributed by atoms with E-state index < -0.39 is 0 Å². The molecule has 2 heterocycles. The van der Waals surface area contributed by atoms with Gasteiger partial charge in [-0.05, 0) is 31.5 Å². The van der Waals surface area contributed by atoms with Crippen LogP contribution in [0.15, 0.2) is 36.4 Å². The Bertz CT molecular complexity index is 1000. The fraction of sp³-hybridized carbons (Fsp3) is 0.409. The number of carbonyl (C=O) groups excluding carboxylic acids is 1. The van der Waals surface area contributed by atoms with Crippen molar-refractivity contribution in [2.75, 3.05) is 7.11 Å². The van der Waals surface area contributed by atoms with Crippen LogP contribution in [0.5, 0.6) is 5.75 Å². The van der Waals surface area contributed by atoms with E-state index in [-0.39, 0.29) is 17.4 Å². The van der Waals surface area contributed by atoms with Crippen molar-refractivity contribution >= 4 is 11.6 Å². The van der Waals surface area contributed by atoms with E-state index in [1.807, 2.05) is 44.2 Å². The van der Waals surface area contributed by atoms with E-state index in [1.54, 1.807) is 17.7 Å². The summed E-state index contributed by atoms with van der Waals surface area (Å²) in [4.78, 5) is 17.7. The van der Waals surface area contributed by atoms with E-state index in [4.69, 9.17) is 9.72 Å². The number of rotatable bonds is 5. The number of amides is 1. The molecule has 3 aromatic rings. The molecule has 0 aliphatic carbocycles. The normalized spacial score (nSPS) is 12.8. The van der Waals surface area contributed by atoms with Crippen molar-refractivity contribution in [2.24, 2.45) is 0 Å². The minimum absolute atomic E-state index is 0.0774. The van der Waals surface area contributed by atoms with Gasteiger partial charge < -0.3 is 10.1 Å². The third-order valence-electron chi connectivity index (χ3n) is 4.78. The Hall–Kier alpha value is -2.89. The van der Waals surface area contributed by atoms with Gasteiger partial charge >= 0.3 is 0 Å². The molecular formula is C22H28N4O2. The molecule has 0 aliphatic rings. The van der Waals surface area contributed by atoms with Crippen molar-refractivity contribution in [3.63, 3.8) is 0 Å². The molecule has 0 bridgehead atoms. The molecule has 0 saturated carbocycles. The summed E-state index contributed by atoms with van der Waals surface area (Å²) in [5, 5.41) is 7.71. The van der Waals surface area contributed by atoms with E-state index in [0.29, 0.717) is 17.0 Å². The first-order chi connectivity index (χ1) is 13.2. The molecule has 148 valence electrons. The summed E-state index contributed by atoms with van der Waals surface area (Å²) < 4.78 is 6.97. The Balaban J connectivity index is 2.19. The predicted molar refractivity (Wildman–Crippen MR) is 111 cm³/mol. The zero-order valence-corrected chi connectivity index (χ0v) is 17.4. The van der Waals surface area contributed by atoms with Gasteiger partial charge in [-0.3, -0.25) is 4.79 Å². The molecule has 1 unspecified atom stereocenters. The SMILES string of the molecule is CCC(C)NC(=O)c1cc(-c2cccc(OC)c2)nc2cc(C(C)(C)C)nn12. The number of ether oxygens (including phenoxy) is 1. The van der Waals surface area contributed by atoms with Gasteiger partial charge in [-0.1, -0.05) is 39.8 Å². The Morgan fingerprint density at radius 3 is 2.64 bits per heavy atom. The van der Waals surface area contributed by atoms with Crippen molar-refractivity contribution in [3.8, 4) is 17.0 Å². The fourth-order valence-corrected chi connectivity index (χ4v) is 2.83. The van der Waals surface area contributed by atoms with E-state index in [2.05, 4.69) is 31.2 Å². The van der Waals surface area contributed by atoms with Crippen molar-refractivity contribution in [1.82, 2.24) is 19.9 Å². The van der Waals surface area contributed by atoms with Crippen LogP contribution in [0.3, 0.4) is 0 Å². The van der Waals surface area contributed by atoms with Crippen LogP contribution in [0, 0.1) is 0 Å². The zero-order chi connectivity index (χ0) is 20.5. The molecule has 6 heteroatoms. The first-order valence-electron chi connectivity index (χ1n) is 9.59. The van der Waals surface area contributed by atoms with Crippen LogP contribution >= 0.6 is 0 Å². The Morgan fingerprint density at radius 2 is 2.00 bits per heavy atom. The lowest BCUT2D eigenvalue weighted by atomic mass is 9.93. The number of hydrogen-bond donors (Lipinski definition) is 1. The Morgan fingerprint density at radius 1 is 1.25 bits per heavy atom.